The molecule has 3 aromatic rings. The van der Waals surface area contributed by atoms with E-state index in [1.807, 2.05) is 32.0 Å². The van der Waals surface area contributed by atoms with Gasteiger partial charge in [-0.25, -0.2) is 9.18 Å². The summed E-state index contributed by atoms with van der Waals surface area (Å²) in [6, 6.07) is 17.3. The van der Waals surface area contributed by atoms with Crippen molar-refractivity contribution in [2.24, 2.45) is 0 Å². The summed E-state index contributed by atoms with van der Waals surface area (Å²) in [6.07, 6.45) is 1.80. The molecule has 3 rings (SSSR count). The quantitative estimate of drug-likeness (QED) is 0.430. The fourth-order valence-electron chi connectivity index (χ4n) is 3.26. The highest BCUT2D eigenvalue weighted by atomic mass is 19.1. The Bertz CT molecular complexity index is 1100. The Morgan fingerprint density at radius 1 is 1.10 bits per heavy atom. The molecule has 0 aliphatic carbocycles. The monoisotopic (exact) mass is 388 g/mol. The number of rotatable bonds is 5. The van der Waals surface area contributed by atoms with Crippen LogP contribution in [0.5, 0.6) is 0 Å². The topological polar surface area (TPSA) is 55.0 Å². The van der Waals surface area contributed by atoms with E-state index >= 15 is 0 Å². The van der Waals surface area contributed by atoms with Crippen LogP contribution in [0, 0.1) is 31.0 Å². The lowest BCUT2D eigenvalue weighted by Gasteiger charge is -2.10. The molecule has 146 valence electrons. The number of allylic oxidation sites excluding steroid dienone is 1. The molecule has 0 radical (unpaired) electrons. The number of nitrogens with zero attached hydrogens (tertiary/aromatic N) is 2. The maximum Gasteiger partial charge on any atom is 0.338 e. The van der Waals surface area contributed by atoms with Gasteiger partial charge in [0.2, 0.25) is 0 Å². The zero-order chi connectivity index (χ0) is 21.0. The number of esters is 1. The minimum Gasteiger partial charge on any atom is -0.462 e. The van der Waals surface area contributed by atoms with E-state index in [4.69, 9.17) is 4.74 Å². The van der Waals surface area contributed by atoms with Crippen molar-refractivity contribution in [1.82, 2.24) is 4.57 Å². The standard InChI is InChI=1S/C24H21FN2O2/c1-4-29-24(28)19-7-11-23(12-8-19)27-16(2)13-20(17(27)3)14-21(15-26)18-5-9-22(25)10-6-18/h5-14H,4H2,1-3H3/b21-14-. The molecule has 5 heteroatoms. The molecule has 4 nitrogen and oxygen atoms in total. The van der Waals surface area contributed by atoms with Gasteiger partial charge in [-0.2, -0.15) is 5.26 Å². The van der Waals surface area contributed by atoms with E-state index in [1.54, 1.807) is 37.3 Å². The zero-order valence-electron chi connectivity index (χ0n) is 16.6. The number of ether oxygens (including phenoxy) is 1. The molecule has 0 spiro atoms. The second-order valence-corrected chi connectivity index (χ2v) is 6.61. The van der Waals surface area contributed by atoms with E-state index in [0.29, 0.717) is 23.3 Å². The summed E-state index contributed by atoms with van der Waals surface area (Å²) in [5.74, 6) is -0.683. The maximum atomic E-state index is 13.2. The number of aromatic nitrogens is 1. The molecule has 0 saturated carbocycles. The molecule has 0 saturated heterocycles. The fraction of sp³-hybridized carbons (Fsp3) is 0.167. The molecule has 0 bridgehead atoms. The van der Waals surface area contributed by atoms with Crippen LogP contribution in [-0.4, -0.2) is 17.1 Å². The molecule has 0 unspecified atom stereocenters. The van der Waals surface area contributed by atoms with Gasteiger partial charge in [0, 0.05) is 17.1 Å². The van der Waals surface area contributed by atoms with Crippen LogP contribution < -0.4 is 0 Å². The summed E-state index contributed by atoms with van der Waals surface area (Å²) >= 11 is 0. The Balaban J connectivity index is 1.97. The number of nitriles is 1. The number of benzene rings is 2. The number of carbonyl (C=O) groups excluding carboxylic acids is 1. The fourth-order valence-corrected chi connectivity index (χ4v) is 3.26. The molecule has 0 N–H and O–H groups in total. The first-order valence-corrected chi connectivity index (χ1v) is 9.28. The van der Waals surface area contributed by atoms with Gasteiger partial charge in [-0.3, -0.25) is 0 Å². The summed E-state index contributed by atoms with van der Waals surface area (Å²) < 4.78 is 20.3. The number of hydrogen-bond acceptors (Lipinski definition) is 3. The van der Waals surface area contributed by atoms with Gasteiger partial charge in [-0.05, 0) is 80.4 Å². The van der Waals surface area contributed by atoms with Crippen LogP contribution in [0.1, 0.15) is 39.8 Å². The first-order chi connectivity index (χ1) is 13.9. The largest absolute Gasteiger partial charge is 0.462 e. The summed E-state index contributed by atoms with van der Waals surface area (Å²) in [7, 11) is 0. The summed E-state index contributed by atoms with van der Waals surface area (Å²) in [5.41, 5.74) is 5.39. The second kappa shape index (κ2) is 8.57. The van der Waals surface area contributed by atoms with E-state index in [9.17, 15) is 14.4 Å². The third-order valence-corrected chi connectivity index (χ3v) is 4.68. The van der Waals surface area contributed by atoms with Gasteiger partial charge in [0.1, 0.15) is 5.82 Å². The van der Waals surface area contributed by atoms with E-state index in [2.05, 4.69) is 10.6 Å². The van der Waals surface area contributed by atoms with Crippen LogP contribution in [-0.2, 0) is 4.74 Å². The molecule has 29 heavy (non-hydrogen) atoms. The van der Waals surface area contributed by atoms with Crippen LogP contribution in [0.25, 0.3) is 17.3 Å². The first kappa shape index (κ1) is 20.1. The third kappa shape index (κ3) is 4.27. The second-order valence-electron chi connectivity index (χ2n) is 6.61. The van der Waals surface area contributed by atoms with Gasteiger partial charge < -0.3 is 9.30 Å². The Kier molecular flexibility index (Phi) is 5.94. The molecule has 0 amide bonds. The maximum absolute atomic E-state index is 13.2. The first-order valence-electron chi connectivity index (χ1n) is 9.28. The molecular weight excluding hydrogens is 367 g/mol. The molecule has 1 aromatic heterocycles. The Hall–Kier alpha value is -3.65. The zero-order valence-corrected chi connectivity index (χ0v) is 16.6. The van der Waals surface area contributed by atoms with Crippen molar-refractivity contribution >= 4 is 17.6 Å². The minimum atomic E-state index is -0.346. The smallest absolute Gasteiger partial charge is 0.338 e. The van der Waals surface area contributed by atoms with Crippen molar-refractivity contribution in [3.05, 3.63) is 88.5 Å². The molecule has 0 fully saturated rings. The van der Waals surface area contributed by atoms with Gasteiger partial charge in [-0.1, -0.05) is 12.1 Å². The molecule has 0 aliphatic rings. The Morgan fingerprint density at radius 2 is 1.72 bits per heavy atom. The predicted molar refractivity (Wildman–Crippen MR) is 111 cm³/mol. The van der Waals surface area contributed by atoms with Crippen LogP contribution in [0.3, 0.4) is 0 Å². The van der Waals surface area contributed by atoms with Gasteiger partial charge in [-0.15, -0.1) is 0 Å². The normalized spacial score (nSPS) is 11.2. The van der Waals surface area contributed by atoms with E-state index in [0.717, 1.165) is 22.6 Å². The number of halogens is 1. The van der Waals surface area contributed by atoms with Crippen molar-refractivity contribution in [2.45, 2.75) is 20.8 Å². The van der Waals surface area contributed by atoms with E-state index in [-0.39, 0.29) is 11.8 Å². The van der Waals surface area contributed by atoms with Crippen LogP contribution in [0.4, 0.5) is 4.39 Å². The van der Waals surface area contributed by atoms with Gasteiger partial charge >= 0.3 is 5.97 Å². The van der Waals surface area contributed by atoms with Gasteiger partial charge in [0.05, 0.1) is 23.8 Å². The average molecular weight is 388 g/mol. The van der Waals surface area contributed by atoms with Crippen molar-refractivity contribution in [2.75, 3.05) is 6.61 Å². The van der Waals surface area contributed by atoms with E-state index < -0.39 is 0 Å². The average Bonchev–Trinajstić information content (AvgIpc) is 3.00. The molecule has 0 aliphatic heterocycles. The lowest BCUT2D eigenvalue weighted by atomic mass is 10.0. The Morgan fingerprint density at radius 3 is 2.31 bits per heavy atom. The number of aryl methyl sites for hydroxylation is 1. The van der Waals surface area contributed by atoms with Crippen LogP contribution in [0.15, 0.2) is 54.6 Å². The van der Waals surface area contributed by atoms with Crippen molar-refractivity contribution in [1.29, 1.82) is 5.26 Å². The summed E-state index contributed by atoms with van der Waals surface area (Å²) in [5, 5.41) is 9.56. The SMILES string of the molecule is CCOC(=O)c1ccc(-n2c(C)cc(/C=C(/C#N)c3ccc(F)cc3)c2C)cc1. The molecule has 1 heterocycles. The van der Waals surface area contributed by atoms with Gasteiger partial charge in [0.25, 0.3) is 0 Å². The van der Waals surface area contributed by atoms with Gasteiger partial charge in [0.15, 0.2) is 0 Å². The highest BCUT2D eigenvalue weighted by Crippen LogP contribution is 2.25. The van der Waals surface area contributed by atoms with Crippen LogP contribution in [0.2, 0.25) is 0 Å². The highest BCUT2D eigenvalue weighted by molar-refractivity contribution is 5.90. The summed E-state index contributed by atoms with van der Waals surface area (Å²) in [4.78, 5) is 11.8. The van der Waals surface area contributed by atoms with Crippen molar-refractivity contribution in [3.8, 4) is 11.8 Å². The van der Waals surface area contributed by atoms with Crippen molar-refractivity contribution in [3.63, 3.8) is 0 Å². The van der Waals surface area contributed by atoms with Crippen LogP contribution >= 0.6 is 0 Å². The number of carbonyl (C=O) groups is 1. The predicted octanol–water partition coefficient (Wildman–Crippen LogP) is 5.47. The molecule has 2 aromatic carbocycles. The lowest BCUT2D eigenvalue weighted by molar-refractivity contribution is 0.0526. The minimum absolute atomic E-state index is 0.335. The molecular formula is C24H21FN2O2. The highest BCUT2D eigenvalue weighted by Gasteiger charge is 2.12. The Labute approximate surface area is 169 Å². The van der Waals surface area contributed by atoms with E-state index in [1.165, 1.54) is 12.1 Å². The molecule has 0 atom stereocenters. The lowest BCUT2D eigenvalue weighted by Crippen LogP contribution is -2.05. The summed E-state index contributed by atoms with van der Waals surface area (Å²) in [6.45, 7) is 6.06. The van der Waals surface area contributed by atoms with Crippen molar-refractivity contribution < 1.29 is 13.9 Å². The number of hydrogen-bond donors (Lipinski definition) is 0. The third-order valence-electron chi connectivity index (χ3n) is 4.68.